The molecular formula is C24H36N2OS4. The van der Waals surface area contributed by atoms with Crippen LogP contribution in [0.3, 0.4) is 0 Å². The van der Waals surface area contributed by atoms with Crippen molar-refractivity contribution in [2.24, 2.45) is 7.05 Å². The van der Waals surface area contributed by atoms with E-state index in [0.29, 0.717) is 0 Å². The summed E-state index contributed by atoms with van der Waals surface area (Å²) in [5.74, 6) is 4.41. The monoisotopic (exact) mass is 496 g/mol. The van der Waals surface area contributed by atoms with Gasteiger partial charge in [-0.1, -0.05) is 33.8 Å². The molecule has 1 aromatic heterocycles. The van der Waals surface area contributed by atoms with Gasteiger partial charge in [0.1, 0.15) is 4.71 Å². The number of carbonyl (C=O) groups is 1. The van der Waals surface area contributed by atoms with Crippen molar-refractivity contribution in [1.82, 2.24) is 4.57 Å². The molecule has 0 saturated carbocycles. The van der Waals surface area contributed by atoms with Gasteiger partial charge in [-0.15, -0.1) is 47.0 Å². The summed E-state index contributed by atoms with van der Waals surface area (Å²) in [6.45, 7) is 8.87. The maximum absolute atomic E-state index is 14.4. The zero-order valence-electron chi connectivity index (χ0n) is 19.5. The molecule has 0 spiro atoms. The number of amides is 1. The molecule has 1 aliphatic heterocycles. The minimum atomic E-state index is -0.551. The average Bonchev–Trinajstić information content (AvgIpc) is 3.27. The zero-order chi connectivity index (χ0) is 22.4. The number of aryl methyl sites for hydroxylation is 1. The van der Waals surface area contributed by atoms with Crippen molar-refractivity contribution in [2.75, 3.05) is 27.9 Å². The smallest absolute Gasteiger partial charge is 0.259 e. The lowest BCUT2D eigenvalue weighted by Crippen LogP contribution is -2.41. The van der Waals surface area contributed by atoms with Crippen LogP contribution < -0.4 is 4.90 Å². The van der Waals surface area contributed by atoms with Crippen molar-refractivity contribution in [2.45, 2.75) is 62.2 Å². The number of benzene rings is 1. The van der Waals surface area contributed by atoms with Gasteiger partial charge in [-0.25, -0.2) is 0 Å². The summed E-state index contributed by atoms with van der Waals surface area (Å²) in [4.78, 5) is 16.5. The Balaban J connectivity index is 2.20. The number of thioether (sulfide) groups is 4. The second-order valence-electron chi connectivity index (χ2n) is 7.86. The quantitative estimate of drug-likeness (QED) is 0.267. The third-order valence-corrected chi connectivity index (χ3v) is 11.9. The molecule has 0 saturated heterocycles. The van der Waals surface area contributed by atoms with E-state index < -0.39 is 4.08 Å². The van der Waals surface area contributed by atoms with Crippen LogP contribution in [-0.2, 0) is 15.9 Å². The normalized spacial score (nSPS) is 15.4. The topological polar surface area (TPSA) is 25.2 Å². The molecular weight excluding hydrogens is 461 g/mol. The molecule has 0 N–H and O–H groups in total. The average molecular weight is 497 g/mol. The van der Waals surface area contributed by atoms with Gasteiger partial charge >= 0.3 is 0 Å². The second-order valence-corrected chi connectivity index (χ2v) is 13.4. The Hall–Kier alpha value is -0.370. The summed E-state index contributed by atoms with van der Waals surface area (Å²) in [5.41, 5.74) is 3.59. The summed E-state index contributed by atoms with van der Waals surface area (Å²) >= 11 is 7.57. The predicted molar refractivity (Wildman–Crippen MR) is 147 cm³/mol. The number of aromatic nitrogens is 1. The number of fused-ring (bicyclic) bond motifs is 3. The molecule has 1 aromatic carbocycles. The van der Waals surface area contributed by atoms with Crippen LogP contribution in [0, 0.1) is 0 Å². The molecule has 172 valence electrons. The van der Waals surface area contributed by atoms with E-state index >= 15 is 0 Å². The molecule has 0 fully saturated rings. The Morgan fingerprint density at radius 2 is 1.45 bits per heavy atom. The molecule has 1 amide bonds. The number of nitrogens with zero attached hydrogens (tertiary/aromatic N) is 2. The third kappa shape index (κ3) is 4.95. The zero-order valence-corrected chi connectivity index (χ0v) is 22.7. The third-order valence-electron chi connectivity index (χ3n) is 5.27. The van der Waals surface area contributed by atoms with Gasteiger partial charge in [0.05, 0.1) is 11.2 Å². The van der Waals surface area contributed by atoms with E-state index in [2.05, 4.69) is 68.6 Å². The molecule has 2 aromatic rings. The first-order chi connectivity index (χ1) is 15.1. The first kappa shape index (κ1) is 25.3. The van der Waals surface area contributed by atoms with E-state index in [9.17, 15) is 4.79 Å². The van der Waals surface area contributed by atoms with Gasteiger partial charge in [-0.3, -0.25) is 9.69 Å². The highest BCUT2D eigenvalue weighted by atomic mass is 32.2. The van der Waals surface area contributed by atoms with Crippen molar-refractivity contribution < 1.29 is 4.79 Å². The lowest BCUT2D eigenvalue weighted by atomic mass is 10.1. The lowest BCUT2D eigenvalue weighted by Gasteiger charge is -2.31. The molecule has 0 atom stereocenters. The van der Waals surface area contributed by atoms with Crippen molar-refractivity contribution in [3.05, 3.63) is 30.0 Å². The molecule has 0 radical (unpaired) electrons. The lowest BCUT2D eigenvalue weighted by molar-refractivity contribution is -0.118. The van der Waals surface area contributed by atoms with Gasteiger partial charge in [0.25, 0.3) is 5.91 Å². The number of carbonyl (C=O) groups excluding carboxylic acids is 1. The first-order valence-corrected chi connectivity index (χ1v) is 15.6. The Morgan fingerprint density at radius 1 is 0.871 bits per heavy atom. The summed E-state index contributed by atoms with van der Waals surface area (Å²) in [7, 11) is 2.12. The Bertz CT molecular complexity index is 866. The van der Waals surface area contributed by atoms with E-state index in [4.69, 9.17) is 0 Å². The minimum absolute atomic E-state index is 0.134. The van der Waals surface area contributed by atoms with Crippen molar-refractivity contribution >= 4 is 69.5 Å². The fraction of sp³-hybridized carbons (Fsp3) is 0.625. The minimum Gasteiger partial charge on any atom is -0.350 e. The van der Waals surface area contributed by atoms with E-state index in [0.717, 1.165) is 54.4 Å². The van der Waals surface area contributed by atoms with Gasteiger partial charge in [-0.05, 0) is 60.8 Å². The number of hydrogen-bond acceptors (Lipinski definition) is 5. The van der Waals surface area contributed by atoms with Crippen molar-refractivity contribution in [3.63, 3.8) is 0 Å². The van der Waals surface area contributed by atoms with E-state index in [1.165, 1.54) is 16.5 Å². The largest absolute Gasteiger partial charge is 0.350 e. The van der Waals surface area contributed by atoms with Gasteiger partial charge in [0.15, 0.2) is 4.08 Å². The van der Waals surface area contributed by atoms with Crippen LogP contribution in [0.2, 0.25) is 0 Å². The highest BCUT2D eigenvalue weighted by Crippen LogP contribution is 2.59. The number of rotatable bonds is 13. The maximum Gasteiger partial charge on any atom is 0.259 e. The molecule has 31 heavy (non-hydrogen) atoms. The fourth-order valence-corrected chi connectivity index (χ4v) is 9.43. The summed E-state index contributed by atoms with van der Waals surface area (Å²) < 4.78 is 1.80. The highest BCUT2D eigenvalue weighted by molar-refractivity contribution is 8.19. The van der Waals surface area contributed by atoms with Crippen LogP contribution in [0.5, 0.6) is 0 Å². The molecule has 3 rings (SSSR count). The maximum atomic E-state index is 14.4. The van der Waals surface area contributed by atoms with Crippen molar-refractivity contribution in [1.29, 1.82) is 0 Å². The van der Waals surface area contributed by atoms with E-state index in [1.807, 2.05) is 47.0 Å². The second kappa shape index (κ2) is 11.7. The summed E-state index contributed by atoms with van der Waals surface area (Å²) in [6.07, 6.45) is 6.53. The fourth-order valence-electron chi connectivity index (χ4n) is 3.92. The van der Waals surface area contributed by atoms with Crippen LogP contribution in [0.25, 0.3) is 10.9 Å². The highest BCUT2D eigenvalue weighted by Gasteiger charge is 2.55. The Morgan fingerprint density at radius 3 is 2.00 bits per heavy atom. The van der Waals surface area contributed by atoms with Gasteiger partial charge < -0.3 is 4.57 Å². The summed E-state index contributed by atoms with van der Waals surface area (Å²) in [5, 5.41) is 1.23. The van der Waals surface area contributed by atoms with Gasteiger partial charge in [0, 0.05) is 24.2 Å². The Labute approximate surface area is 205 Å². The number of anilines is 1. The van der Waals surface area contributed by atoms with Crippen LogP contribution in [-0.4, -0.2) is 38.2 Å². The van der Waals surface area contributed by atoms with Crippen LogP contribution in [0.1, 0.15) is 58.9 Å². The van der Waals surface area contributed by atoms with Gasteiger partial charge in [0.2, 0.25) is 0 Å². The summed E-state index contributed by atoms with van der Waals surface area (Å²) in [6, 6.07) is 6.59. The van der Waals surface area contributed by atoms with Crippen LogP contribution in [0.4, 0.5) is 5.69 Å². The van der Waals surface area contributed by atoms with Gasteiger partial charge in [-0.2, -0.15) is 0 Å². The van der Waals surface area contributed by atoms with Crippen molar-refractivity contribution in [3.8, 4) is 0 Å². The van der Waals surface area contributed by atoms with Crippen LogP contribution >= 0.6 is 47.0 Å². The molecule has 0 bridgehead atoms. The van der Waals surface area contributed by atoms with Crippen LogP contribution in [0.15, 0.2) is 24.4 Å². The molecule has 2 heterocycles. The van der Waals surface area contributed by atoms with E-state index in [-0.39, 0.29) is 10.6 Å². The first-order valence-electron chi connectivity index (χ1n) is 11.5. The molecule has 1 aliphatic rings. The molecule has 0 aliphatic carbocycles. The SMILES string of the molecule is CCCSC(SCCC)N1C(=O)C(SCCC)(SCCC)c2c1ccc1ccn(C)c21. The molecule has 0 unspecified atom stereocenters. The Kier molecular flexibility index (Phi) is 9.50. The predicted octanol–water partition coefficient (Wildman–Crippen LogP) is 7.53. The number of hydrogen-bond donors (Lipinski definition) is 0. The molecule has 3 nitrogen and oxygen atoms in total. The van der Waals surface area contributed by atoms with E-state index in [1.54, 1.807) is 0 Å². The molecule has 7 heteroatoms. The standard InChI is InChI=1S/C24H36N2OS4/c1-6-14-28-23(29-15-7-2)26-19-11-10-18-12-13-25(5)21(18)20(19)24(22(26)27,30-16-8-3)31-17-9-4/h10-13,23H,6-9,14-17H2,1-5H3.